The molecule has 0 unspecified atom stereocenters. The number of Topliss-reactive ketones (excluding diaryl/α,β-unsaturated/α-hetero) is 1. The van der Waals surface area contributed by atoms with Gasteiger partial charge in [-0.05, 0) is 40.5 Å². The molecule has 2 rings (SSSR count). The molecule has 0 atom stereocenters. The number of carbonyl (C=O) groups is 1. The van der Waals surface area contributed by atoms with Gasteiger partial charge < -0.3 is 10.5 Å². The second kappa shape index (κ2) is 8.01. The summed E-state index contributed by atoms with van der Waals surface area (Å²) in [5.74, 6) is -0.259. The van der Waals surface area contributed by atoms with Crippen LogP contribution in [0.5, 0.6) is 5.75 Å². The lowest BCUT2D eigenvalue weighted by Crippen LogP contribution is -2.43. The third-order valence-electron chi connectivity index (χ3n) is 3.56. The number of rotatable bonds is 6. The summed E-state index contributed by atoms with van der Waals surface area (Å²) in [6.07, 6.45) is 0.637. The topological polar surface area (TPSA) is 96.3 Å². The van der Waals surface area contributed by atoms with E-state index >= 15 is 0 Å². The van der Waals surface area contributed by atoms with E-state index in [1.807, 2.05) is 6.92 Å². The van der Waals surface area contributed by atoms with Gasteiger partial charge >= 0.3 is 5.69 Å². The molecule has 1 aromatic carbocycles. The number of carbonyl (C=O) groups excluding carboxylic acids is 1. The zero-order valence-electron chi connectivity index (χ0n) is 13.7. The first-order valence-electron chi connectivity index (χ1n) is 7.48. The highest BCUT2D eigenvalue weighted by atomic mass is 79.9. The second-order valence-corrected chi connectivity index (χ2v) is 7.12. The number of hydrogen-bond donors (Lipinski definition) is 1. The van der Waals surface area contributed by atoms with E-state index in [-0.39, 0.29) is 18.0 Å². The summed E-state index contributed by atoms with van der Waals surface area (Å²) in [6, 6.07) is 5.22. The van der Waals surface area contributed by atoms with E-state index in [9.17, 15) is 14.4 Å². The smallest absolute Gasteiger partial charge is 0.332 e. The Morgan fingerprint density at radius 3 is 2.56 bits per heavy atom. The van der Waals surface area contributed by atoms with Crippen LogP contribution < -0.4 is 21.7 Å². The summed E-state index contributed by atoms with van der Waals surface area (Å²) in [5, 5.41) is 0. The van der Waals surface area contributed by atoms with Crippen LogP contribution in [0.2, 0.25) is 0 Å². The molecule has 0 aliphatic heterocycles. The van der Waals surface area contributed by atoms with Gasteiger partial charge in [0, 0.05) is 18.1 Å². The molecule has 2 aromatic rings. The molecule has 0 saturated heterocycles. The number of ether oxygens (including phenoxy) is 1. The average Bonchev–Trinajstić information content (AvgIpc) is 2.56. The van der Waals surface area contributed by atoms with Crippen molar-refractivity contribution >= 4 is 43.5 Å². The second-order valence-electron chi connectivity index (χ2n) is 5.35. The van der Waals surface area contributed by atoms with Crippen molar-refractivity contribution in [2.75, 3.05) is 12.3 Å². The summed E-state index contributed by atoms with van der Waals surface area (Å²) >= 11 is 6.66. The zero-order chi connectivity index (χ0) is 18.7. The fraction of sp³-hybridized carbons (Fsp3) is 0.312. The van der Waals surface area contributed by atoms with Crippen molar-refractivity contribution in [2.24, 2.45) is 7.05 Å². The molecule has 0 bridgehead atoms. The summed E-state index contributed by atoms with van der Waals surface area (Å²) in [4.78, 5) is 36.9. The Morgan fingerprint density at radius 2 is 1.96 bits per heavy atom. The number of anilines is 1. The van der Waals surface area contributed by atoms with E-state index in [1.54, 1.807) is 18.2 Å². The molecule has 1 aromatic heterocycles. The van der Waals surface area contributed by atoms with Crippen molar-refractivity contribution in [2.45, 2.75) is 19.9 Å². The zero-order valence-corrected chi connectivity index (χ0v) is 16.9. The molecule has 9 heteroatoms. The van der Waals surface area contributed by atoms with Gasteiger partial charge in [0.2, 0.25) is 5.78 Å². The van der Waals surface area contributed by atoms with Crippen molar-refractivity contribution in [1.29, 1.82) is 0 Å². The fourth-order valence-electron chi connectivity index (χ4n) is 2.29. The minimum absolute atomic E-state index is 0.126. The fourth-order valence-corrected chi connectivity index (χ4v) is 3.45. The van der Waals surface area contributed by atoms with E-state index in [0.717, 1.165) is 9.04 Å². The number of benzene rings is 1. The number of nitrogen functional groups attached to an aromatic ring is 1. The molecule has 25 heavy (non-hydrogen) atoms. The first kappa shape index (κ1) is 19.5. The Hall–Kier alpha value is -1.87. The minimum atomic E-state index is -0.724. The number of halogens is 2. The number of nitrogens with two attached hydrogens (primary N) is 1. The van der Waals surface area contributed by atoms with E-state index < -0.39 is 17.0 Å². The van der Waals surface area contributed by atoms with Gasteiger partial charge in [-0.1, -0.05) is 22.9 Å². The van der Waals surface area contributed by atoms with Gasteiger partial charge in [0.05, 0.1) is 4.47 Å². The highest BCUT2D eigenvalue weighted by molar-refractivity contribution is 9.11. The highest BCUT2D eigenvalue weighted by Crippen LogP contribution is 2.28. The van der Waals surface area contributed by atoms with Gasteiger partial charge in [0.15, 0.2) is 6.61 Å². The van der Waals surface area contributed by atoms with Gasteiger partial charge in [-0.3, -0.25) is 18.7 Å². The third-order valence-corrected chi connectivity index (χ3v) is 4.67. The lowest BCUT2D eigenvalue weighted by molar-refractivity contribution is 0.0919. The number of aromatic nitrogens is 2. The van der Waals surface area contributed by atoms with Crippen LogP contribution in [-0.2, 0) is 13.6 Å². The van der Waals surface area contributed by atoms with Gasteiger partial charge in [-0.15, -0.1) is 0 Å². The Kier molecular flexibility index (Phi) is 6.23. The molecular formula is C16H17Br2N3O4. The maximum absolute atomic E-state index is 12.5. The van der Waals surface area contributed by atoms with Crippen LogP contribution in [0.15, 0.2) is 36.7 Å². The van der Waals surface area contributed by atoms with E-state index in [1.165, 1.54) is 11.6 Å². The Morgan fingerprint density at radius 1 is 1.28 bits per heavy atom. The molecule has 0 aliphatic rings. The molecule has 0 aliphatic carbocycles. The molecule has 7 nitrogen and oxygen atoms in total. The van der Waals surface area contributed by atoms with Crippen LogP contribution in [-0.4, -0.2) is 21.5 Å². The molecule has 134 valence electrons. The van der Waals surface area contributed by atoms with E-state index in [2.05, 4.69) is 31.9 Å². The lowest BCUT2D eigenvalue weighted by Gasteiger charge is -2.14. The average molecular weight is 475 g/mol. The number of ketones is 1. The van der Waals surface area contributed by atoms with Crippen molar-refractivity contribution in [1.82, 2.24) is 9.13 Å². The lowest BCUT2D eigenvalue weighted by atomic mass is 10.2. The van der Waals surface area contributed by atoms with Crippen LogP contribution in [0, 0.1) is 0 Å². The number of nitrogens with zero attached hydrogens (tertiary/aromatic N) is 2. The minimum Gasteiger partial charge on any atom is -0.484 e. The molecular weight excluding hydrogens is 458 g/mol. The molecule has 1 heterocycles. The molecule has 0 saturated carbocycles. The normalized spacial score (nSPS) is 10.7. The Labute approximate surface area is 160 Å². The van der Waals surface area contributed by atoms with Crippen molar-refractivity contribution in [3.63, 3.8) is 0 Å². The maximum atomic E-state index is 12.5. The van der Waals surface area contributed by atoms with Crippen LogP contribution >= 0.6 is 31.9 Å². The summed E-state index contributed by atoms with van der Waals surface area (Å²) in [5.41, 5.74) is 4.42. The van der Waals surface area contributed by atoms with Gasteiger partial charge in [-0.25, -0.2) is 4.79 Å². The first-order valence-corrected chi connectivity index (χ1v) is 9.06. The van der Waals surface area contributed by atoms with Gasteiger partial charge in [0.1, 0.15) is 17.1 Å². The van der Waals surface area contributed by atoms with Gasteiger partial charge in [-0.2, -0.15) is 0 Å². The van der Waals surface area contributed by atoms with Crippen LogP contribution in [0.3, 0.4) is 0 Å². The molecule has 0 fully saturated rings. The molecule has 0 amide bonds. The number of hydrogen-bond acceptors (Lipinski definition) is 5. The Balaban J connectivity index is 2.36. The monoisotopic (exact) mass is 473 g/mol. The van der Waals surface area contributed by atoms with Crippen molar-refractivity contribution in [3.8, 4) is 5.75 Å². The molecule has 0 radical (unpaired) electrons. The SMILES string of the molecule is CCCn1c(N)c(C(=O)COc2ccc(Br)cc2Br)c(=O)n(C)c1=O. The van der Waals surface area contributed by atoms with Crippen LogP contribution in [0.4, 0.5) is 5.82 Å². The summed E-state index contributed by atoms with van der Waals surface area (Å²) in [7, 11) is 1.32. The maximum Gasteiger partial charge on any atom is 0.332 e. The van der Waals surface area contributed by atoms with Crippen LogP contribution in [0.1, 0.15) is 23.7 Å². The third kappa shape index (κ3) is 4.04. The van der Waals surface area contributed by atoms with E-state index in [4.69, 9.17) is 10.5 Å². The van der Waals surface area contributed by atoms with Gasteiger partial charge in [0.25, 0.3) is 5.56 Å². The predicted octanol–water partition coefficient (Wildman–Crippen LogP) is 2.33. The summed E-state index contributed by atoms with van der Waals surface area (Å²) in [6.45, 7) is 1.81. The van der Waals surface area contributed by atoms with Crippen molar-refractivity contribution < 1.29 is 9.53 Å². The predicted molar refractivity (Wildman–Crippen MR) is 102 cm³/mol. The molecule has 2 N–H and O–H groups in total. The largest absolute Gasteiger partial charge is 0.484 e. The quantitative estimate of drug-likeness (QED) is 0.648. The van der Waals surface area contributed by atoms with Crippen molar-refractivity contribution in [3.05, 3.63) is 53.5 Å². The molecule has 0 spiro atoms. The standard InChI is InChI=1S/C16H17Br2N3O4/c1-3-6-21-14(19)13(15(23)20(2)16(21)24)11(22)8-25-12-5-4-9(17)7-10(12)18/h4-5,7H,3,6,8,19H2,1-2H3. The van der Waals surface area contributed by atoms with Crippen LogP contribution in [0.25, 0.3) is 0 Å². The Bertz CT molecular complexity index is 934. The summed E-state index contributed by atoms with van der Waals surface area (Å²) < 4.78 is 9.10. The van der Waals surface area contributed by atoms with E-state index in [0.29, 0.717) is 23.2 Å². The highest BCUT2D eigenvalue weighted by Gasteiger charge is 2.21. The first-order chi connectivity index (χ1) is 11.8.